The number of aromatic nitrogens is 3. The molecule has 0 saturated carbocycles. The molecule has 1 saturated heterocycles. The molecule has 4 rings (SSSR count). The Morgan fingerprint density at radius 1 is 1.33 bits per heavy atom. The van der Waals surface area contributed by atoms with Crippen LogP contribution in [0, 0.1) is 11.7 Å². The molecule has 1 aliphatic rings. The Morgan fingerprint density at radius 2 is 2.12 bits per heavy atom. The zero-order valence-electron chi connectivity index (χ0n) is 13.4. The van der Waals surface area contributed by atoms with Crippen molar-refractivity contribution in [1.29, 1.82) is 0 Å². The summed E-state index contributed by atoms with van der Waals surface area (Å²) >= 11 is 1.44. The first-order valence-corrected chi connectivity index (χ1v) is 8.96. The van der Waals surface area contributed by atoms with Crippen LogP contribution < -0.4 is 0 Å². The van der Waals surface area contributed by atoms with Gasteiger partial charge in [0.15, 0.2) is 0 Å². The number of rotatable bonds is 3. The highest BCUT2D eigenvalue weighted by molar-refractivity contribution is 7.17. The van der Waals surface area contributed by atoms with Gasteiger partial charge in [0.1, 0.15) is 12.1 Å². The van der Waals surface area contributed by atoms with Gasteiger partial charge in [0.05, 0.1) is 10.9 Å². The molecule has 2 aromatic heterocycles. The lowest BCUT2D eigenvalue weighted by molar-refractivity contribution is 0.149. The Hall–Kier alpha value is -1.99. The number of hydrogen-bond acceptors (Lipinski definition) is 5. The third-order valence-electron chi connectivity index (χ3n) is 4.63. The van der Waals surface area contributed by atoms with E-state index in [4.69, 9.17) is 0 Å². The zero-order valence-corrected chi connectivity index (χ0v) is 14.2. The van der Waals surface area contributed by atoms with Crippen LogP contribution in [0.25, 0.3) is 4.96 Å². The average Bonchev–Trinajstić information content (AvgIpc) is 3.14. The fourth-order valence-corrected chi connectivity index (χ4v) is 4.60. The second kappa shape index (κ2) is 6.14. The van der Waals surface area contributed by atoms with Gasteiger partial charge in [-0.25, -0.2) is 9.37 Å². The molecule has 1 N–H and O–H groups in total. The van der Waals surface area contributed by atoms with E-state index in [0.29, 0.717) is 10.9 Å². The van der Waals surface area contributed by atoms with E-state index in [9.17, 15) is 9.50 Å². The van der Waals surface area contributed by atoms with Crippen molar-refractivity contribution in [3.8, 4) is 5.88 Å². The van der Waals surface area contributed by atoms with Crippen molar-refractivity contribution in [2.45, 2.75) is 25.8 Å². The molecular weight excluding hydrogens is 327 g/mol. The second-order valence-corrected chi connectivity index (χ2v) is 7.45. The van der Waals surface area contributed by atoms with Gasteiger partial charge in [-0.1, -0.05) is 30.4 Å². The average molecular weight is 346 g/mol. The first-order chi connectivity index (χ1) is 11.6. The Kier molecular flexibility index (Phi) is 3.97. The van der Waals surface area contributed by atoms with Crippen LogP contribution in [0.4, 0.5) is 4.39 Å². The standard InChI is InChI=1S/C17H19FN4OS/c1-11-3-2-8-21(9-11)14(12-4-6-13(18)7-5-12)15-16(23)22-17(24-15)19-10-20-22/h4-7,10-11,14,23H,2-3,8-9H2,1H3/t11-,14+/m1/s1. The molecular formula is C17H19FN4OS. The fraction of sp³-hybridized carbons (Fsp3) is 0.412. The first-order valence-electron chi connectivity index (χ1n) is 8.14. The Morgan fingerprint density at radius 3 is 2.83 bits per heavy atom. The lowest BCUT2D eigenvalue weighted by Crippen LogP contribution is -2.37. The summed E-state index contributed by atoms with van der Waals surface area (Å²) in [5.41, 5.74) is 0.977. The summed E-state index contributed by atoms with van der Waals surface area (Å²) in [6.07, 6.45) is 3.78. The molecule has 7 heteroatoms. The Bertz CT molecular complexity index is 844. The van der Waals surface area contributed by atoms with Gasteiger partial charge in [0.25, 0.3) is 0 Å². The van der Waals surface area contributed by atoms with Gasteiger partial charge < -0.3 is 5.11 Å². The van der Waals surface area contributed by atoms with E-state index < -0.39 is 0 Å². The smallest absolute Gasteiger partial charge is 0.230 e. The third kappa shape index (κ3) is 2.67. The lowest BCUT2D eigenvalue weighted by atomic mass is 9.95. The number of likely N-dealkylation sites (tertiary alicyclic amines) is 1. The minimum Gasteiger partial charge on any atom is -0.492 e. The van der Waals surface area contributed by atoms with E-state index >= 15 is 0 Å². The molecule has 0 radical (unpaired) electrons. The molecule has 1 aliphatic heterocycles. The van der Waals surface area contributed by atoms with Crippen molar-refractivity contribution in [3.05, 3.63) is 46.9 Å². The maximum atomic E-state index is 13.4. The van der Waals surface area contributed by atoms with Gasteiger partial charge in [-0.15, -0.1) is 0 Å². The topological polar surface area (TPSA) is 53.7 Å². The van der Waals surface area contributed by atoms with Crippen molar-refractivity contribution >= 4 is 16.3 Å². The Labute approximate surface area is 143 Å². The van der Waals surface area contributed by atoms with Gasteiger partial charge in [0.2, 0.25) is 10.8 Å². The normalized spacial score (nSPS) is 20.5. The van der Waals surface area contributed by atoms with Crippen molar-refractivity contribution in [2.75, 3.05) is 13.1 Å². The number of fused-ring (bicyclic) bond motifs is 1. The van der Waals surface area contributed by atoms with E-state index in [-0.39, 0.29) is 17.7 Å². The maximum Gasteiger partial charge on any atom is 0.230 e. The number of aromatic hydroxyl groups is 1. The largest absolute Gasteiger partial charge is 0.492 e. The van der Waals surface area contributed by atoms with Crippen molar-refractivity contribution in [2.24, 2.45) is 5.92 Å². The number of piperidine rings is 1. The van der Waals surface area contributed by atoms with Crippen molar-refractivity contribution in [3.63, 3.8) is 0 Å². The van der Waals surface area contributed by atoms with E-state index in [2.05, 4.69) is 21.9 Å². The molecule has 1 aromatic carbocycles. The summed E-state index contributed by atoms with van der Waals surface area (Å²) < 4.78 is 14.8. The van der Waals surface area contributed by atoms with Crippen LogP contribution >= 0.6 is 11.3 Å². The minimum atomic E-state index is -0.253. The summed E-state index contributed by atoms with van der Waals surface area (Å²) in [5, 5.41) is 14.7. The summed E-state index contributed by atoms with van der Waals surface area (Å²) in [6.45, 7) is 4.16. The summed E-state index contributed by atoms with van der Waals surface area (Å²) in [5.74, 6) is 0.474. The molecule has 1 fully saturated rings. The van der Waals surface area contributed by atoms with Gasteiger partial charge in [-0.05, 0) is 43.0 Å². The maximum absolute atomic E-state index is 13.4. The summed E-state index contributed by atoms with van der Waals surface area (Å²) in [4.78, 5) is 8.03. The lowest BCUT2D eigenvalue weighted by Gasteiger charge is -2.37. The number of thiazole rings is 1. The highest BCUT2D eigenvalue weighted by Gasteiger charge is 2.31. The summed E-state index contributed by atoms with van der Waals surface area (Å²) in [7, 11) is 0. The van der Waals surface area contributed by atoms with Crippen LogP contribution in [0.2, 0.25) is 0 Å². The number of halogens is 1. The zero-order chi connectivity index (χ0) is 16.7. The number of benzene rings is 1. The molecule has 126 valence electrons. The quantitative estimate of drug-likeness (QED) is 0.789. The monoisotopic (exact) mass is 346 g/mol. The van der Waals surface area contributed by atoms with Gasteiger partial charge in [-0.2, -0.15) is 9.61 Å². The third-order valence-corrected chi connectivity index (χ3v) is 5.71. The first kappa shape index (κ1) is 15.5. The van der Waals surface area contributed by atoms with E-state index in [1.54, 1.807) is 12.1 Å². The van der Waals surface area contributed by atoms with Crippen LogP contribution in [0.15, 0.2) is 30.6 Å². The predicted octanol–water partition coefficient (Wildman–Crippen LogP) is 3.46. The molecule has 3 aromatic rings. The van der Waals surface area contributed by atoms with E-state index in [0.717, 1.165) is 30.0 Å². The molecule has 0 amide bonds. The number of nitrogens with zero attached hydrogens (tertiary/aromatic N) is 4. The van der Waals surface area contributed by atoms with Crippen LogP contribution in [0.5, 0.6) is 5.88 Å². The van der Waals surface area contributed by atoms with Crippen molar-refractivity contribution < 1.29 is 9.50 Å². The van der Waals surface area contributed by atoms with E-state index in [1.807, 2.05) is 0 Å². The van der Waals surface area contributed by atoms with Crippen LogP contribution in [-0.4, -0.2) is 37.7 Å². The highest BCUT2D eigenvalue weighted by Crippen LogP contribution is 2.41. The summed E-state index contributed by atoms with van der Waals surface area (Å²) in [6, 6.07) is 6.44. The molecule has 2 atom stereocenters. The van der Waals surface area contributed by atoms with Crippen LogP contribution in [-0.2, 0) is 0 Å². The van der Waals surface area contributed by atoms with Gasteiger partial charge in [0, 0.05) is 6.54 Å². The highest BCUT2D eigenvalue weighted by atomic mass is 32.1. The molecule has 3 heterocycles. The SMILES string of the molecule is C[C@@H]1CCCN([C@@H](c2ccc(F)cc2)c2sc3ncnn3c2O)C1. The molecule has 24 heavy (non-hydrogen) atoms. The molecule has 0 unspecified atom stereocenters. The van der Waals surface area contributed by atoms with Crippen LogP contribution in [0.3, 0.4) is 0 Å². The van der Waals surface area contributed by atoms with E-state index in [1.165, 1.54) is 40.7 Å². The van der Waals surface area contributed by atoms with Crippen LogP contribution in [0.1, 0.15) is 36.2 Å². The predicted molar refractivity (Wildman–Crippen MR) is 90.7 cm³/mol. The molecule has 0 spiro atoms. The second-order valence-electron chi connectivity index (χ2n) is 6.44. The Balaban J connectivity index is 1.81. The molecule has 5 nitrogen and oxygen atoms in total. The van der Waals surface area contributed by atoms with Crippen molar-refractivity contribution in [1.82, 2.24) is 19.5 Å². The minimum absolute atomic E-state index is 0.109. The van der Waals surface area contributed by atoms with Gasteiger partial charge >= 0.3 is 0 Å². The molecule has 0 aliphatic carbocycles. The molecule has 0 bridgehead atoms. The number of hydrogen-bond donors (Lipinski definition) is 1. The van der Waals surface area contributed by atoms with Gasteiger partial charge in [-0.3, -0.25) is 4.90 Å². The fourth-order valence-electron chi connectivity index (χ4n) is 3.51.